The van der Waals surface area contributed by atoms with E-state index in [-0.39, 0.29) is 53.2 Å². The number of sulfonamides is 1. The third-order valence-electron chi connectivity index (χ3n) is 12.1. The van der Waals surface area contributed by atoms with E-state index in [1.165, 1.54) is 31.4 Å². The number of amides is 2. The molecule has 0 aromatic heterocycles. The van der Waals surface area contributed by atoms with Crippen LogP contribution >= 0.6 is 0 Å². The molecule has 1 aliphatic heterocycles. The van der Waals surface area contributed by atoms with Crippen LogP contribution in [-0.2, 0) is 51.4 Å². The Morgan fingerprint density at radius 3 is 2.18 bits per heavy atom. The fourth-order valence-corrected chi connectivity index (χ4v) is 9.94. The van der Waals surface area contributed by atoms with Crippen LogP contribution in [0, 0.1) is 17.3 Å². The smallest absolute Gasteiger partial charge is 0.482 e. The molecule has 16 heteroatoms. The number of benzene rings is 3. The molecule has 0 spiro atoms. The van der Waals surface area contributed by atoms with E-state index in [0.29, 0.717) is 23.7 Å². The van der Waals surface area contributed by atoms with Gasteiger partial charge in [-0.1, -0.05) is 68.4 Å². The fourth-order valence-electron chi connectivity index (χ4n) is 8.93. The first-order chi connectivity index (χ1) is 29.0. The van der Waals surface area contributed by atoms with Gasteiger partial charge in [0.2, 0.25) is 15.9 Å². The van der Waals surface area contributed by atoms with Crippen LogP contribution in [0.15, 0.2) is 77.7 Å². The van der Waals surface area contributed by atoms with Crippen LogP contribution in [-0.4, -0.2) is 82.6 Å². The molecule has 3 aliphatic carbocycles. The van der Waals surface area contributed by atoms with Crippen molar-refractivity contribution in [3.05, 3.63) is 95.1 Å². The maximum absolute atomic E-state index is 14.7. The lowest BCUT2D eigenvalue weighted by atomic mass is 9.43. The molecule has 3 saturated carbocycles. The normalized spacial score (nSPS) is 22.7. The van der Waals surface area contributed by atoms with Gasteiger partial charge in [-0.3, -0.25) is 4.79 Å². The Labute approximate surface area is 366 Å². The third kappa shape index (κ3) is 10.8. The van der Waals surface area contributed by atoms with Crippen molar-refractivity contribution in [2.75, 3.05) is 20.3 Å². The molecule has 1 heterocycles. The summed E-state index contributed by atoms with van der Waals surface area (Å²) in [6, 6.07) is 19.0. The minimum absolute atomic E-state index is 0.0408. The highest BCUT2D eigenvalue weighted by molar-refractivity contribution is 7.89. The van der Waals surface area contributed by atoms with Gasteiger partial charge in [0, 0.05) is 6.54 Å². The van der Waals surface area contributed by atoms with Gasteiger partial charge in [0.15, 0.2) is 0 Å². The van der Waals surface area contributed by atoms with Crippen LogP contribution in [0.1, 0.15) is 108 Å². The van der Waals surface area contributed by atoms with Crippen molar-refractivity contribution >= 4 is 35.1 Å². The topological polar surface area (TPSA) is 177 Å². The van der Waals surface area contributed by atoms with Crippen molar-refractivity contribution in [1.29, 1.82) is 0 Å². The summed E-state index contributed by atoms with van der Waals surface area (Å²) in [5.74, 6) is -1.07. The fraction of sp³-hybridized carbons (Fsp3) is 0.543. The number of alkyl carbamates (subject to hydrolysis) is 1. The Kier molecular flexibility index (Phi) is 13.9. The van der Waals surface area contributed by atoms with Gasteiger partial charge in [0.1, 0.15) is 28.6 Å². The first-order valence-electron chi connectivity index (χ1n) is 21.2. The van der Waals surface area contributed by atoms with Crippen molar-refractivity contribution in [3.63, 3.8) is 0 Å². The third-order valence-corrected chi connectivity index (χ3v) is 13.6. The molecule has 3 aromatic rings. The van der Waals surface area contributed by atoms with E-state index in [2.05, 4.69) is 36.1 Å². The van der Waals surface area contributed by atoms with Gasteiger partial charge in [-0.15, -0.1) is 0 Å². The summed E-state index contributed by atoms with van der Waals surface area (Å²) in [7, 11) is -3.41. The molecular weight excluding hydrogens is 813 g/mol. The van der Waals surface area contributed by atoms with Crippen LogP contribution in [0.5, 0.6) is 5.75 Å². The van der Waals surface area contributed by atoms with Gasteiger partial charge in [-0.25, -0.2) is 22.7 Å². The van der Waals surface area contributed by atoms with Gasteiger partial charge in [0.05, 0.1) is 42.9 Å². The highest BCUT2D eigenvalue weighted by Gasteiger charge is 2.68. The maximum atomic E-state index is 14.7. The number of esters is 1. The number of methoxy groups -OCH3 is 1. The summed E-state index contributed by atoms with van der Waals surface area (Å²) in [6.45, 7) is 17.6. The number of hydrogen-bond donors (Lipinski definition) is 3. The highest BCUT2D eigenvalue weighted by Crippen LogP contribution is 2.65. The Morgan fingerprint density at radius 2 is 1.55 bits per heavy atom. The Morgan fingerprint density at radius 1 is 0.871 bits per heavy atom. The molecule has 2 amide bonds. The van der Waals surface area contributed by atoms with E-state index in [1.807, 2.05) is 30.3 Å². The minimum atomic E-state index is -3.95. The summed E-state index contributed by atoms with van der Waals surface area (Å²) in [6.07, 6.45) is 0.858. The molecule has 4 aliphatic rings. The van der Waals surface area contributed by atoms with Crippen LogP contribution in [0.25, 0.3) is 0 Å². The molecule has 336 valence electrons. The lowest BCUT2D eigenvalue weighted by Gasteiger charge is -2.64. The zero-order valence-corrected chi connectivity index (χ0v) is 38.4. The van der Waals surface area contributed by atoms with E-state index in [0.717, 1.165) is 18.4 Å². The molecule has 62 heavy (non-hydrogen) atoms. The molecule has 3 aromatic carbocycles. The summed E-state index contributed by atoms with van der Waals surface area (Å²) >= 11 is 0. The maximum Gasteiger partial charge on any atom is 0.482 e. The lowest BCUT2D eigenvalue weighted by Crippen LogP contribution is -2.65. The number of nitrogens with one attached hydrogen (secondary N) is 3. The van der Waals surface area contributed by atoms with E-state index < -0.39 is 63.9 Å². The molecule has 1 saturated heterocycles. The summed E-state index contributed by atoms with van der Waals surface area (Å²) in [4.78, 5) is 41.4. The average molecular weight is 876 g/mol. The van der Waals surface area contributed by atoms with Crippen molar-refractivity contribution in [2.45, 2.75) is 128 Å². The van der Waals surface area contributed by atoms with Gasteiger partial charge < -0.3 is 38.9 Å². The molecule has 4 fully saturated rings. The predicted molar refractivity (Wildman–Crippen MR) is 234 cm³/mol. The van der Waals surface area contributed by atoms with E-state index in [9.17, 15) is 22.8 Å². The number of ether oxygens (including phenoxy) is 4. The number of rotatable bonds is 16. The second-order valence-corrected chi connectivity index (χ2v) is 21.0. The van der Waals surface area contributed by atoms with Crippen molar-refractivity contribution < 1.29 is 51.1 Å². The Bertz CT molecular complexity index is 2190. The van der Waals surface area contributed by atoms with Crippen molar-refractivity contribution in [3.8, 4) is 5.75 Å². The molecule has 0 radical (unpaired) electrons. The standard InChI is InChI=1S/C46H62BN3O11S/c1-43(2,3)58-41(52)34-18-14-17-31(39(34)56-10)25-37(47-60-36-27-32-26-35(45(32,7)8)46(36,9)61-47)49-40(51)38(50-42(53)59-44(4,5)6)30-19-21-33(22-20-30)62(54,55)48-23-24-57-28-29-15-12-11-13-16-29/h11-22,32,35-38,48H,23-28H2,1-10H3,(H,49,51)(H,50,53)/t32-,35-,36+,37-,38?,46-/m0/s1. The number of para-hydroxylation sites is 1. The predicted octanol–water partition coefficient (Wildman–Crippen LogP) is 6.71. The Hall–Kier alpha value is -4.48. The van der Waals surface area contributed by atoms with Crippen LogP contribution in [0.3, 0.4) is 0 Å². The summed E-state index contributed by atoms with van der Waals surface area (Å²) in [5, 5.41) is 5.81. The number of hydrogen-bond acceptors (Lipinski definition) is 11. The van der Waals surface area contributed by atoms with E-state index in [4.69, 9.17) is 28.3 Å². The van der Waals surface area contributed by atoms with Crippen molar-refractivity contribution in [2.24, 2.45) is 17.3 Å². The number of carbonyl (C=O) groups is 3. The highest BCUT2D eigenvalue weighted by atomic mass is 32.2. The average Bonchev–Trinajstić information content (AvgIpc) is 3.56. The number of carbonyl (C=O) groups excluding carboxylic acids is 3. The van der Waals surface area contributed by atoms with Gasteiger partial charge in [-0.2, -0.15) is 0 Å². The van der Waals surface area contributed by atoms with Gasteiger partial charge in [-0.05, 0) is 120 Å². The largest absolute Gasteiger partial charge is 0.496 e. The monoisotopic (exact) mass is 875 g/mol. The molecule has 2 bridgehead atoms. The van der Waals surface area contributed by atoms with Crippen molar-refractivity contribution in [1.82, 2.24) is 15.4 Å². The minimum Gasteiger partial charge on any atom is -0.496 e. The van der Waals surface area contributed by atoms with E-state index in [1.54, 1.807) is 59.7 Å². The molecular formula is C46H62BN3O11S. The zero-order valence-electron chi connectivity index (χ0n) is 37.5. The quantitative estimate of drug-likeness (QED) is 0.0793. The second kappa shape index (κ2) is 18.3. The van der Waals surface area contributed by atoms with Crippen LogP contribution in [0.4, 0.5) is 4.79 Å². The van der Waals surface area contributed by atoms with E-state index >= 15 is 0 Å². The van der Waals surface area contributed by atoms with Crippen LogP contribution < -0.4 is 20.1 Å². The van der Waals surface area contributed by atoms with Gasteiger partial charge >= 0.3 is 19.2 Å². The molecule has 14 nitrogen and oxygen atoms in total. The van der Waals surface area contributed by atoms with Crippen LogP contribution in [0.2, 0.25) is 0 Å². The summed E-state index contributed by atoms with van der Waals surface area (Å²) < 4.78 is 65.4. The molecule has 6 atom stereocenters. The molecule has 3 N–H and O–H groups in total. The Balaban J connectivity index is 1.27. The zero-order chi connectivity index (χ0) is 45.3. The lowest BCUT2D eigenvalue weighted by molar-refractivity contribution is -0.199. The summed E-state index contributed by atoms with van der Waals surface area (Å²) in [5.41, 5.74) is -0.141. The SMILES string of the molecule is COc1c(C[C@H](NC(=O)C(NC(=O)OC(C)(C)C)c2ccc(S(=O)(=O)NCCOCc3ccccc3)cc2)B2O[C@@H]3C[C@@H]4C[C@@H](C4(C)C)[C@]3(C)O2)cccc1C(=O)OC(C)(C)C. The first kappa shape index (κ1) is 47.0. The van der Waals surface area contributed by atoms with Gasteiger partial charge in [0.25, 0.3) is 0 Å². The first-order valence-corrected chi connectivity index (χ1v) is 22.7. The molecule has 7 rings (SSSR count). The molecule has 1 unspecified atom stereocenters. The second-order valence-electron chi connectivity index (χ2n) is 19.2.